The van der Waals surface area contributed by atoms with E-state index in [1.807, 2.05) is 0 Å². The van der Waals surface area contributed by atoms with Gasteiger partial charge in [-0.2, -0.15) is 5.10 Å². The third kappa shape index (κ3) is 3.40. The number of carbonyl (C=O) groups excluding carboxylic acids is 1. The van der Waals surface area contributed by atoms with Crippen molar-refractivity contribution in [3.05, 3.63) is 70.3 Å². The Bertz CT molecular complexity index is 1060. The number of nitrogens with one attached hydrogen (secondary N) is 1. The largest absolute Gasteiger partial charge is 0.502 e. The average molecular weight is 383 g/mol. The molecule has 4 rings (SSSR count). The van der Waals surface area contributed by atoms with Gasteiger partial charge in [-0.1, -0.05) is 12.1 Å². The van der Waals surface area contributed by atoms with E-state index < -0.39 is 17.1 Å². The van der Waals surface area contributed by atoms with Crippen LogP contribution < -0.4 is 5.43 Å². The van der Waals surface area contributed by atoms with Gasteiger partial charge in [0.1, 0.15) is 12.1 Å². The number of hydrogen-bond acceptors (Lipinski definition) is 5. The Morgan fingerprint density at radius 1 is 1.32 bits per heavy atom. The lowest BCUT2D eigenvalue weighted by atomic mass is 9.90. The van der Waals surface area contributed by atoms with E-state index in [0.717, 1.165) is 42.0 Å². The van der Waals surface area contributed by atoms with Crippen LogP contribution in [0.5, 0.6) is 5.75 Å². The Labute approximate surface area is 159 Å². The first-order valence-electron chi connectivity index (χ1n) is 8.93. The first kappa shape index (κ1) is 18.0. The van der Waals surface area contributed by atoms with Gasteiger partial charge in [0.25, 0.3) is 5.91 Å². The van der Waals surface area contributed by atoms with Crippen LogP contribution in [-0.4, -0.2) is 39.2 Å². The lowest BCUT2D eigenvalue weighted by molar-refractivity contribution is 0.0670. The maximum absolute atomic E-state index is 13.2. The van der Waals surface area contributed by atoms with Crippen molar-refractivity contribution in [3.8, 4) is 16.9 Å². The number of aromatic amines is 1. The molecule has 1 amide bonds. The number of halogens is 1. The van der Waals surface area contributed by atoms with Gasteiger partial charge in [0.2, 0.25) is 5.43 Å². The van der Waals surface area contributed by atoms with Crippen molar-refractivity contribution >= 4 is 5.91 Å². The summed E-state index contributed by atoms with van der Waals surface area (Å²) in [6, 6.07) is 7.19. The second-order valence-electron chi connectivity index (χ2n) is 6.79. The Balaban J connectivity index is 1.57. The molecule has 8 heteroatoms. The number of likely N-dealkylation sites (tertiary alicyclic amines) is 1. The fraction of sp³-hybridized carbons (Fsp3) is 0.250. The van der Waals surface area contributed by atoms with E-state index in [1.165, 1.54) is 12.1 Å². The number of aromatic nitrogens is 2. The van der Waals surface area contributed by atoms with Crippen LogP contribution >= 0.6 is 0 Å². The first-order valence-corrected chi connectivity index (χ1v) is 8.93. The van der Waals surface area contributed by atoms with Crippen molar-refractivity contribution in [2.75, 3.05) is 13.1 Å². The Kier molecular flexibility index (Phi) is 4.68. The van der Waals surface area contributed by atoms with Crippen molar-refractivity contribution in [2.45, 2.75) is 18.8 Å². The fourth-order valence-corrected chi connectivity index (χ4v) is 3.54. The van der Waals surface area contributed by atoms with E-state index in [2.05, 4.69) is 10.2 Å². The number of benzene rings is 1. The molecule has 1 aliphatic rings. The zero-order chi connectivity index (χ0) is 19.7. The Morgan fingerprint density at radius 3 is 2.86 bits per heavy atom. The lowest BCUT2D eigenvalue weighted by Gasteiger charge is -2.32. The van der Waals surface area contributed by atoms with Crippen LogP contribution in [0.3, 0.4) is 0 Å². The van der Waals surface area contributed by atoms with E-state index in [9.17, 15) is 19.1 Å². The number of piperidine rings is 1. The molecule has 0 aliphatic carbocycles. The highest BCUT2D eigenvalue weighted by atomic mass is 19.1. The van der Waals surface area contributed by atoms with Gasteiger partial charge < -0.3 is 14.4 Å². The number of aromatic hydroxyl groups is 1. The van der Waals surface area contributed by atoms with Gasteiger partial charge in [0, 0.05) is 36.3 Å². The van der Waals surface area contributed by atoms with Gasteiger partial charge in [0.05, 0.1) is 6.20 Å². The summed E-state index contributed by atoms with van der Waals surface area (Å²) >= 11 is 0. The highest BCUT2D eigenvalue weighted by Gasteiger charge is 2.29. The molecule has 1 fully saturated rings. The lowest BCUT2D eigenvalue weighted by Crippen LogP contribution is -2.39. The maximum Gasteiger partial charge on any atom is 0.289 e. The molecule has 0 saturated carbocycles. The molecule has 1 aliphatic heterocycles. The Hall–Kier alpha value is -3.42. The molecule has 1 aromatic carbocycles. The third-order valence-corrected chi connectivity index (χ3v) is 4.96. The zero-order valence-electron chi connectivity index (χ0n) is 14.9. The molecule has 3 aromatic rings. The minimum Gasteiger partial charge on any atom is -0.502 e. The maximum atomic E-state index is 13.2. The predicted molar refractivity (Wildman–Crippen MR) is 98.5 cm³/mol. The van der Waals surface area contributed by atoms with Crippen molar-refractivity contribution in [1.82, 2.24) is 15.1 Å². The average Bonchev–Trinajstić information content (AvgIpc) is 3.20. The van der Waals surface area contributed by atoms with Crippen LogP contribution in [0.4, 0.5) is 4.39 Å². The molecular formula is C20H18FN3O4. The predicted octanol–water partition coefficient (Wildman–Crippen LogP) is 2.89. The van der Waals surface area contributed by atoms with Crippen LogP contribution in [0.25, 0.3) is 11.1 Å². The van der Waals surface area contributed by atoms with Crippen molar-refractivity contribution in [2.24, 2.45) is 0 Å². The van der Waals surface area contributed by atoms with Crippen molar-refractivity contribution in [1.29, 1.82) is 0 Å². The molecule has 0 radical (unpaired) electrons. The Morgan fingerprint density at radius 2 is 2.11 bits per heavy atom. The van der Waals surface area contributed by atoms with Crippen LogP contribution in [0.15, 0.2) is 52.0 Å². The zero-order valence-corrected chi connectivity index (χ0v) is 14.9. The summed E-state index contributed by atoms with van der Waals surface area (Å²) in [5, 5.41) is 16.4. The van der Waals surface area contributed by atoms with Gasteiger partial charge in [-0.15, -0.1) is 0 Å². The van der Waals surface area contributed by atoms with Crippen LogP contribution in [0.2, 0.25) is 0 Å². The second kappa shape index (κ2) is 7.30. The van der Waals surface area contributed by atoms with Crippen molar-refractivity contribution < 1.29 is 18.7 Å². The molecule has 28 heavy (non-hydrogen) atoms. The molecule has 2 aromatic heterocycles. The van der Waals surface area contributed by atoms with Crippen molar-refractivity contribution in [3.63, 3.8) is 0 Å². The summed E-state index contributed by atoms with van der Waals surface area (Å²) in [6.45, 7) is 0.972. The van der Waals surface area contributed by atoms with Crippen LogP contribution in [-0.2, 0) is 0 Å². The van der Waals surface area contributed by atoms with Crippen LogP contribution in [0.1, 0.15) is 35.0 Å². The quantitative estimate of drug-likeness (QED) is 0.725. The molecule has 0 spiro atoms. The number of rotatable bonds is 3. The van der Waals surface area contributed by atoms with Gasteiger partial charge in [-0.3, -0.25) is 14.7 Å². The summed E-state index contributed by atoms with van der Waals surface area (Å²) in [5.74, 6) is -1.33. The highest BCUT2D eigenvalue weighted by molar-refractivity contribution is 5.91. The van der Waals surface area contributed by atoms with E-state index in [1.54, 1.807) is 23.2 Å². The highest BCUT2D eigenvalue weighted by Crippen LogP contribution is 2.33. The smallest absolute Gasteiger partial charge is 0.289 e. The first-order chi connectivity index (χ1) is 13.5. The summed E-state index contributed by atoms with van der Waals surface area (Å²) in [4.78, 5) is 25.9. The van der Waals surface area contributed by atoms with E-state index in [-0.39, 0.29) is 17.5 Å². The minimum absolute atomic E-state index is 0.0177. The van der Waals surface area contributed by atoms with E-state index in [4.69, 9.17) is 4.42 Å². The third-order valence-electron chi connectivity index (χ3n) is 4.96. The van der Waals surface area contributed by atoms with Gasteiger partial charge in [0.15, 0.2) is 11.5 Å². The molecule has 2 N–H and O–H groups in total. The van der Waals surface area contributed by atoms with Gasteiger partial charge in [-0.25, -0.2) is 4.39 Å². The SMILES string of the molecule is O=C(c1cc(=O)c(O)co1)N1CCCC(c2[nH]ncc2-c2ccc(F)cc2)C1. The van der Waals surface area contributed by atoms with Gasteiger partial charge in [-0.05, 0) is 30.5 Å². The monoisotopic (exact) mass is 383 g/mol. The standard InChI is InChI=1S/C20H18FN3O4/c21-14-5-3-12(4-6-14)15-9-22-23-19(15)13-2-1-7-24(10-13)20(27)18-8-16(25)17(26)11-28-18/h3-6,8-9,11,13,26H,1-2,7,10H2,(H,22,23). The fourth-order valence-electron chi connectivity index (χ4n) is 3.54. The number of amides is 1. The molecule has 0 bridgehead atoms. The minimum atomic E-state index is -0.657. The van der Waals surface area contributed by atoms with E-state index in [0.29, 0.717) is 13.1 Å². The molecule has 3 heterocycles. The number of carbonyl (C=O) groups is 1. The molecule has 1 unspecified atom stereocenters. The molecule has 7 nitrogen and oxygen atoms in total. The summed E-state index contributed by atoms with van der Waals surface area (Å²) in [6.07, 6.45) is 4.21. The number of nitrogens with zero attached hydrogens (tertiary/aromatic N) is 2. The number of hydrogen-bond donors (Lipinski definition) is 2. The molecule has 144 valence electrons. The topological polar surface area (TPSA) is 99.4 Å². The molecule has 1 atom stereocenters. The second-order valence-corrected chi connectivity index (χ2v) is 6.79. The molecule has 1 saturated heterocycles. The summed E-state index contributed by atoms with van der Waals surface area (Å²) < 4.78 is 18.3. The van der Waals surface area contributed by atoms with Gasteiger partial charge >= 0.3 is 0 Å². The summed E-state index contributed by atoms with van der Waals surface area (Å²) in [7, 11) is 0. The molecular weight excluding hydrogens is 365 g/mol. The number of H-pyrrole nitrogens is 1. The summed E-state index contributed by atoms with van der Waals surface area (Å²) in [5.41, 5.74) is 1.94. The normalized spacial score (nSPS) is 16.9. The van der Waals surface area contributed by atoms with E-state index >= 15 is 0 Å². The van der Waals surface area contributed by atoms with Crippen LogP contribution in [0, 0.1) is 5.82 Å².